The Kier molecular flexibility index (Phi) is 8.44. The summed E-state index contributed by atoms with van der Waals surface area (Å²) < 4.78 is 0. The average molecular weight is 617 g/mol. The second-order valence-corrected chi connectivity index (χ2v) is 16.9. The van der Waals surface area contributed by atoms with Gasteiger partial charge in [-0.1, -0.05) is 126 Å². The van der Waals surface area contributed by atoms with E-state index in [0.29, 0.717) is 5.82 Å². The third-order valence-corrected chi connectivity index (χ3v) is 8.82. The van der Waals surface area contributed by atoms with Crippen LogP contribution in [0, 0.1) is 0 Å². The van der Waals surface area contributed by atoms with Crippen molar-refractivity contribution in [2.75, 3.05) is 0 Å². The molecule has 1 aliphatic rings. The Morgan fingerprint density at radius 3 is 1.65 bits per heavy atom. The highest BCUT2D eigenvalue weighted by Gasteiger charge is 2.28. The van der Waals surface area contributed by atoms with Crippen LogP contribution in [0.4, 0.5) is 0 Å². The van der Waals surface area contributed by atoms with Crippen molar-refractivity contribution in [2.45, 2.75) is 111 Å². The minimum absolute atomic E-state index is 0.00546. The van der Waals surface area contributed by atoms with Crippen LogP contribution in [0.15, 0.2) is 73.1 Å². The molecular weight excluding hydrogens is 564 g/mol. The summed E-state index contributed by atoms with van der Waals surface area (Å²) in [5, 5.41) is 14.3. The first-order valence-corrected chi connectivity index (χ1v) is 16.3. The van der Waals surface area contributed by atoms with Crippen LogP contribution >= 0.6 is 0 Å². The maximum atomic E-state index is 6.64. The first kappa shape index (κ1) is 33.3. The lowest BCUT2D eigenvalue weighted by molar-refractivity contribution is 0.293. The van der Waals surface area contributed by atoms with E-state index in [1.54, 1.807) is 11.2 Å². The van der Waals surface area contributed by atoms with Crippen LogP contribution in [0.3, 0.4) is 0 Å². The molecule has 0 spiro atoms. The average Bonchev–Trinajstić information content (AvgIpc) is 3.36. The SMILES string of the molecule is CC(C)(C)c1cc(-c2nncc(-c3cccc(C4=CN(N)C(c5cc(C(C)(C)C)cc(C(C)(C)C)c5)N4)c3)n2)cc(C(C)(C)C)c1. The van der Waals surface area contributed by atoms with Crippen molar-refractivity contribution in [3.63, 3.8) is 0 Å². The van der Waals surface area contributed by atoms with Gasteiger partial charge in [0.25, 0.3) is 0 Å². The molecule has 242 valence electrons. The number of benzene rings is 3. The van der Waals surface area contributed by atoms with Crippen molar-refractivity contribution in [3.05, 3.63) is 106 Å². The van der Waals surface area contributed by atoms with Gasteiger partial charge in [-0.15, -0.1) is 5.10 Å². The smallest absolute Gasteiger partial charge is 0.182 e. The Hall–Kier alpha value is -4.03. The van der Waals surface area contributed by atoms with Crippen LogP contribution in [-0.2, 0) is 21.7 Å². The maximum absolute atomic E-state index is 6.64. The molecule has 1 atom stereocenters. The second kappa shape index (κ2) is 11.6. The number of aromatic nitrogens is 3. The molecule has 1 aliphatic heterocycles. The number of nitrogens with two attached hydrogens (primary N) is 1. The Morgan fingerprint density at radius 1 is 0.630 bits per heavy atom. The topological polar surface area (TPSA) is 80.0 Å². The third kappa shape index (κ3) is 7.18. The molecule has 0 fully saturated rings. The molecule has 1 unspecified atom stereocenters. The lowest BCUT2D eigenvalue weighted by atomic mass is 9.79. The van der Waals surface area contributed by atoms with Crippen molar-refractivity contribution in [1.82, 2.24) is 25.5 Å². The molecule has 6 nitrogen and oxygen atoms in total. The van der Waals surface area contributed by atoms with Gasteiger partial charge in [-0.3, -0.25) is 5.01 Å². The van der Waals surface area contributed by atoms with Crippen molar-refractivity contribution >= 4 is 5.70 Å². The Bertz CT molecular complexity index is 1710. The molecule has 3 aromatic carbocycles. The van der Waals surface area contributed by atoms with Gasteiger partial charge in [0.1, 0.15) is 6.17 Å². The summed E-state index contributed by atoms with van der Waals surface area (Å²) in [5.41, 5.74) is 11.0. The van der Waals surface area contributed by atoms with Gasteiger partial charge in [0, 0.05) is 17.3 Å². The standard InChI is InChI=1S/C40H52N6/c1-37(2,3)29-17-27(18-30(21-29)38(4,5)6)35-43-33(23-42-45-35)25-14-13-15-26(16-25)34-24-46(41)36(44-34)28-19-31(39(7,8)9)22-32(20-28)40(10,11)12/h13-24,36,44H,41H2,1-12H3. The molecule has 0 radical (unpaired) electrons. The fourth-order valence-electron chi connectivity index (χ4n) is 5.61. The first-order chi connectivity index (χ1) is 21.2. The predicted octanol–water partition coefficient (Wildman–Crippen LogP) is 9.17. The Labute approximate surface area is 276 Å². The van der Waals surface area contributed by atoms with Crippen LogP contribution in [0.1, 0.15) is 123 Å². The van der Waals surface area contributed by atoms with Gasteiger partial charge in [0.05, 0.1) is 17.6 Å². The molecule has 2 heterocycles. The number of rotatable bonds is 4. The molecule has 6 heteroatoms. The summed E-state index contributed by atoms with van der Waals surface area (Å²) in [7, 11) is 0. The van der Waals surface area contributed by atoms with Gasteiger partial charge in [-0.25, -0.2) is 10.8 Å². The highest BCUT2D eigenvalue weighted by atomic mass is 15.5. The van der Waals surface area contributed by atoms with Crippen LogP contribution < -0.4 is 11.2 Å². The zero-order valence-corrected chi connectivity index (χ0v) is 29.9. The fourth-order valence-corrected chi connectivity index (χ4v) is 5.61. The number of hydrogen-bond acceptors (Lipinski definition) is 6. The highest BCUT2D eigenvalue weighted by molar-refractivity contribution is 5.72. The normalized spacial score (nSPS) is 16.0. The van der Waals surface area contributed by atoms with Crippen LogP contribution in [-0.4, -0.2) is 20.2 Å². The zero-order valence-electron chi connectivity index (χ0n) is 29.9. The molecule has 0 saturated carbocycles. The van der Waals surface area contributed by atoms with Gasteiger partial charge in [-0.2, -0.15) is 5.10 Å². The quantitative estimate of drug-likeness (QED) is 0.223. The van der Waals surface area contributed by atoms with Crippen LogP contribution in [0.2, 0.25) is 0 Å². The molecule has 0 saturated heterocycles. The summed E-state index contributed by atoms with van der Waals surface area (Å²) in [6, 6.07) is 22.0. The van der Waals surface area contributed by atoms with Gasteiger partial charge in [0.2, 0.25) is 0 Å². The lowest BCUT2D eigenvalue weighted by Crippen LogP contribution is -2.33. The van der Waals surface area contributed by atoms with E-state index in [1.807, 2.05) is 6.20 Å². The summed E-state index contributed by atoms with van der Waals surface area (Å²) in [6.45, 7) is 27.0. The fraction of sp³-hybridized carbons (Fsp3) is 0.425. The van der Waals surface area contributed by atoms with E-state index in [4.69, 9.17) is 10.8 Å². The largest absolute Gasteiger partial charge is 0.359 e. The zero-order chi connectivity index (χ0) is 33.8. The van der Waals surface area contributed by atoms with Crippen LogP contribution in [0.5, 0.6) is 0 Å². The molecule has 0 bridgehead atoms. The van der Waals surface area contributed by atoms with Crippen molar-refractivity contribution in [1.29, 1.82) is 0 Å². The van der Waals surface area contributed by atoms with E-state index in [0.717, 1.165) is 33.6 Å². The third-order valence-electron chi connectivity index (χ3n) is 8.82. The van der Waals surface area contributed by atoms with E-state index in [2.05, 4.69) is 159 Å². The van der Waals surface area contributed by atoms with Gasteiger partial charge in [-0.05, 0) is 73.2 Å². The molecule has 46 heavy (non-hydrogen) atoms. The molecule has 3 N–H and O–H groups in total. The number of nitrogens with zero attached hydrogens (tertiary/aromatic N) is 4. The highest BCUT2D eigenvalue weighted by Crippen LogP contribution is 2.36. The van der Waals surface area contributed by atoms with Gasteiger partial charge < -0.3 is 5.32 Å². The van der Waals surface area contributed by atoms with Crippen molar-refractivity contribution in [2.24, 2.45) is 5.84 Å². The Balaban J connectivity index is 1.47. The van der Waals surface area contributed by atoms with Crippen molar-refractivity contribution in [3.8, 4) is 22.6 Å². The summed E-state index contributed by atoms with van der Waals surface area (Å²) in [4.78, 5) is 5.02. The predicted molar refractivity (Wildman–Crippen MR) is 192 cm³/mol. The number of nitrogens with one attached hydrogen (secondary N) is 1. The summed E-state index contributed by atoms with van der Waals surface area (Å²) >= 11 is 0. The molecule has 0 amide bonds. The second-order valence-electron chi connectivity index (χ2n) is 16.9. The van der Waals surface area contributed by atoms with E-state index < -0.39 is 0 Å². The maximum Gasteiger partial charge on any atom is 0.182 e. The van der Waals surface area contributed by atoms with E-state index in [-0.39, 0.29) is 27.8 Å². The number of hydrogen-bond donors (Lipinski definition) is 2. The monoisotopic (exact) mass is 616 g/mol. The molecule has 4 aromatic rings. The minimum atomic E-state index is -0.179. The van der Waals surface area contributed by atoms with E-state index >= 15 is 0 Å². The number of hydrazine groups is 1. The molecule has 0 aliphatic carbocycles. The summed E-state index contributed by atoms with van der Waals surface area (Å²) in [6.07, 6.45) is 3.54. The molecule has 5 rings (SSSR count). The minimum Gasteiger partial charge on any atom is -0.359 e. The van der Waals surface area contributed by atoms with Gasteiger partial charge in [0.15, 0.2) is 5.82 Å². The Morgan fingerprint density at radius 2 is 1.13 bits per heavy atom. The van der Waals surface area contributed by atoms with Crippen LogP contribution in [0.25, 0.3) is 28.3 Å². The van der Waals surface area contributed by atoms with E-state index in [9.17, 15) is 0 Å². The molecular formula is C40H52N6. The molecule has 1 aromatic heterocycles. The first-order valence-electron chi connectivity index (χ1n) is 16.3. The van der Waals surface area contributed by atoms with Gasteiger partial charge >= 0.3 is 0 Å². The van der Waals surface area contributed by atoms with E-state index in [1.165, 1.54) is 22.3 Å². The summed E-state index contributed by atoms with van der Waals surface area (Å²) in [5.74, 6) is 7.26. The lowest BCUT2D eigenvalue weighted by Gasteiger charge is -2.29. The van der Waals surface area contributed by atoms with Crippen molar-refractivity contribution < 1.29 is 0 Å².